The summed E-state index contributed by atoms with van der Waals surface area (Å²) in [5, 5.41) is 21.7. The van der Waals surface area contributed by atoms with Crippen LogP contribution in [0.5, 0.6) is 0 Å². The first kappa shape index (κ1) is 15.9. The summed E-state index contributed by atoms with van der Waals surface area (Å²) in [5.41, 5.74) is 1.36. The van der Waals surface area contributed by atoms with E-state index < -0.39 is 18.8 Å². The average Bonchev–Trinajstić information content (AvgIpc) is 2.84. The van der Waals surface area contributed by atoms with Gasteiger partial charge in [-0.25, -0.2) is 0 Å². The minimum atomic E-state index is -4.23. The second-order valence-corrected chi connectivity index (χ2v) is 5.65. The maximum Gasteiger partial charge on any atom is 0.390 e. The molecule has 0 saturated heterocycles. The van der Waals surface area contributed by atoms with Gasteiger partial charge in [-0.2, -0.15) is 13.2 Å². The molecule has 0 aliphatic rings. The van der Waals surface area contributed by atoms with E-state index in [1.54, 1.807) is 24.3 Å². The van der Waals surface area contributed by atoms with Gasteiger partial charge < -0.3 is 5.11 Å². The number of nitrogens with one attached hydrogen (secondary N) is 1. The van der Waals surface area contributed by atoms with Gasteiger partial charge in [-0.05, 0) is 12.5 Å². The van der Waals surface area contributed by atoms with E-state index in [2.05, 4.69) is 15.5 Å². The summed E-state index contributed by atoms with van der Waals surface area (Å²) < 4.78 is 36.1. The maximum absolute atomic E-state index is 12.0. The number of aryl methyl sites for hydroxylation is 1. The Hall–Kier alpha value is -1.51. The summed E-state index contributed by atoms with van der Waals surface area (Å²) >= 11 is 1.45. The number of rotatable bonds is 5. The van der Waals surface area contributed by atoms with E-state index in [4.69, 9.17) is 0 Å². The second kappa shape index (κ2) is 6.50. The third-order valence-electron chi connectivity index (χ3n) is 2.75. The van der Waals surface area contributed by atoms with E-state index in [0.717, 1.165) is 15.6 Å². The van der Waals surface area contributed by atoms with Crippen molar-refractivity contribution in [2.45, 2.75) is 25.7 Å². The minimum Gasteiger partial charge on any atom is -0.374 e. The van der Waals surface area contributed by atoms with E-state index >= 15 is 0 Å². The van der Waals surface area contributed by atoms with Crippen molar-refractivity contribution in [1.29, 1.82) is 0 Å². The number of hydrogen-bond acceptors (Lipinski definition) is 5. The van der Waals surface area contributed by atoms with E-state index in [1.165, 1.54) is 11.3 Å². The van der Waals surface area contributed by atoms with Crippen molar-refractivity contribution >= 4 is 11.3 Å². The molecule has 0 fully saturated rings. The molecule has 0 amide bonds. The van der Waals surface area contributed by atoms with Gasteiger partial charge in [-0.3, -0.25) is 5.32 Å². The first-order valence-electron chi connectivity index (χ1n) is 6.24. The molecular formula is C13H14F3N3OS. The number of aromatic nitrogens is 2. The van der Waals surface area contributed by atoms with Gasteiger partial charge in [0.2, 0.25) is 0 Å². The Kier molecular flexibility index (Phi) is 4.92. The zero-order valence-corrected chi connectivity index (χ0v) is 12.0. The monoisotopic (exact) mass is 317 g/mol. The highest BCUT2D eigenvalue weighted by Gasteiger charge is 2.26. The quantitative estimate of drug-likeness (QED) is 0.832. The van der Waals surface area contributed by atoms with Crippen molar-refractivity contribution in [3.63, 3.8) is 0 Å². The Balaban J connectivity index is 1.95. The van der Waals surface area contributed by atoms with Gasteiger partial charge in [0.1, 0.15) is 16.2 Å². The first-order chi connectivity index (χ1) is 9.85. The van der Waals surface area contributed by atoms with Crippen molar-refractivity contribution in [2.24, 2.45) is 0 Å². The van der Waals surface area contributed by atoms with Crippen molar-refractivity contribution < 1.29 is 18.3 Å². The van der Waals surface area contributed by atoms with Crippen LogP contribution in [0.25, 0.3) is 10.6 Å². The lowest BCUT2D eigenvalue weighted by atomic mass is 10.1. The number of benzene rings is 1. The molecule has 1 heterocycles. The highest BCUT2D eigenvalue weighted by molar-refractivity contribution is 7.14. The fourth-order valence-electron chi connectivity index (χ4n) is 1.69. The van der Waals surface area contributed by atoms with Crippen LogP contribution in [0, 0.1) is 6.92 Å². The molecule has 1 aromatic carbocycles. The molecule has 0 spiro atoms. The van der Waals surface area contributed by atoms with Gasteiger partial charge in [0, 0.05) is 12.1 Å². The third-order valence-corrected chi connectivity index (χ3v) is 3.63. The topological polar surface area (TPSA) is 58.0 Å². The fraction of sp³-hybridized carbons (Fsp3) is 0.385. The first-order valence-corrected chi connectivity index (χ1v) is 7.05. The number of halogens is 3. The number of aliphatic hydroxyl groups excluding tert-OH is 1. The molecule has 2 rings (SSSR count). The number of nitrogens with zero attached hydrogens (tertiary/aromatic N) is 2. The van der Waals surface area contributed by atoms with Crippen LogP contribution in [-0.4, -0.2) is 28.0 Å². The Morgan fingerprint density at radius 1 is 1.24 bits per heavy atom. The summed E-state index contributed by atoms with van der Waals surface area (Å²) in [6, 6.07) is 6.81. The van der Waals surface area contributed by atoms with Gasteiger partial charge >= 0.3 is 6.18 Å². The van der Waals surface area contributed by atoms with Crippen LogP contribution in [0.15, 0.2) is 24.3 Å². The minimum absolute atomic E-state index is 0.331. The highest BCUT2D eigenvalue weighted by atomic mass is 32.1. The SMILES string of the molecule is Cc1nnc(-c2ccc(C(O)NCCC(F)(F)F)cc2)s1. The van der Waals surface area contributed by atoms with Gasteiger partial charge in [-0.1, -0.05) is 35.6 Å². The van der Waals surface area contributed by atoms with Crippen LogP contribution in [0.4, 0.5) is 13.2 Å². The lowest BCUT2D eigenvalue weighted by Crippen LogP contribution is -2.25. The van der Waals surface area contributed by atoms with Crippen LogP contribution >= 0.6 is 11.3 Å². The van der Waals surface area contributed by atoms with Gasteiger partial charge in [0.15, 0.2) is 0 Å². The largest absolute Gasteiger partial charge is 0.390 e. The van der Waals surface area contributed by atoms with E-state index in [9.17, 15) is 18.3 Å². The van der Waals surface area contributed by atoms with Crippen LogP contribution in [0.2, 0.25) is 0 Å². The molecule has 1 unspecified atom stereocenters. The van der Waals surface area contributed by atoms with Crippen LogP contribution in [0.3, 0.4) is 0 Å². The Bertz CT molecular complexity index is 583. The highest BCUT2D eigenvalue weighted by Crippen LogP contribution is 2.24. The molecule has 0 bridgehead atoms. The third kappa shape index (κ3) is 4.76. The lowest BCUT2D eigenvalue weighted by molar-refractivity contribution is -0.134. The molecule has 2 aromatic rings. The van der Waals surface area contributed by atoms with Gasteiger partial charge in [0.25, 0.3) is 0 Å². The number of aliphatic hydroxyl groups is 1. The predicted octanol–water partition coefficient (Wildman–Crippen LogP) is 3.05. The molecule has 2 N–H and O–H groups in total. The summed E-state index contributed by atoms with van der Waals surface area (Å²) in [6.45, 7) is 1.52. The smallest absolute Gasteiger partial charge is 0.374 e. The molecule has 1 aromatic heterocycles. The molecule has 4 nitrogen and oxygen atoms in total. The predicted molar refractivity (Wildman–Crippen MR) is 73.7 cm³/mol. The van der Waals surface area contributed by atoms with Crippen molar-refractivity contribution in [3.8, 4) is 10.6 Å². The van der Waals surface area contributed by atoms with Crippen LogP contribution in [0.1, 0.15) is 23.2 Å². The van der Waals surface area contributed by atoms with Crippen LogP contribution in [-0.2, 0) is 0 Å². The summed E-state index contributed by atoms with van der Waals surface area (Å²) in [5.74, 6) is 0. The molecule has 21 heavy (non-hydrogen) atoms. The molecule has 0 saturated carbocycles. The average molecular weight is 317 g/mol. The van der Waals surface area contributed by atoms with Crippen molar-refractivity contribution in [3.05, 3.63) is 34.8 Å². The fourth-order valence-corrected chi connectivity index (χ4v) is 2.39. The standard InChI is InChI=1S/C13H14F3N3OS/c1-8-18-19-12(21-8)10-4-2-9(3-5-10)11(20)17-7-6-13(14,15)16/h2-5,11,17,20H,6-7H2,1H3. The zero-order chi connectivity index (χ0) is 15.5. The Morgan fingerprint density at radius 3 is 2.43 bits per heavy atom. The molecule has 114 valence electrons. The second-order valence-electron chi connectivity index (χ2n) is 4.47. The van der Waals surface area contributed by atoms with E-state index in [0.29, 0.717) is 5.56 Å². The molecule has 0 radical (unpaired) electrons. The van der Waals surface area contributed by atoms with E-state index in [1.807, 2.05) is 6.92 Å². The summed E-state index contributed by atoms with van der Waals surface area (Å²) in [6.07, 6.45) is -6.34. The summed E-state index contributed by atoms with van der Waals surface area (Å²) in [4.78, 5) is 0. The maximum atomic E-state index is 12.0. The normalized spacial score (nSPS) is 13.4. The van der Waals surface area contributed by atoms with E-state index in [-0.39, 0.29) is 6.54 Å². The number of hydrogen-bond donors (Lipinski definition) is 2. The van der Waals surface area contributed by atoms with Crippen molar-refractivity contribution in [2.75, 3.05) is 6.54 Å². The van der Waals surface area contributed by atoms with Crippen molar-refractivity contribution in [1.82, 2.24) is 15.5 Å². The summed E-state index contributed by atoms with van der Waals surface area (Å²) in [7, 11) is 0. The Morgan fingerprint density at radius 2 is 1.90 bits per heavy atom. The lowest BCUT2D eigenvalue weighted by Gasteiger charge is -2.14. The molecule has 1 atom stereocenters. The van der Waals surface area contributed by atoms with Gasteiger partial charge in [-0.15, -0.1) is 10.2 Å². The number of alkyl halides is 3. The molecular weight excluding hydrogens is 303 g/mol. The van der Waals surface area contributed by atoms with Crippen LogP contribution < -0.4 is 5.32 Å². The van der Waals surface area contributed by atoms with Gasteiger partial charge in [0.05, 0.1) is 6.42 Å². The molecule has 0 aliphatic carbocycles. The molecule has 8 heteroatoms. The zero-order valence-electron chi connectivity index (χ0n) is 11.2. The molecule has 0 aliphatic heterocycles. The Labute approximate surface area is 123 Å².